The molecule has 0 aromatic heterocycles. The first-order valence-electron chi connectivity index (χ1n) is 7.73. The smallest absolute Gasteiger partial charge is 0.272 e. The first-order chi connectivity index (χ1) is 10.1. The van der Waals surface area contributed by atoms with Crippen LogP contribution in [0.15, 0.2) is 18.2 Å². The summed E-state index contributed by atoms with van der Waals surface area (Å²) in [6, 6.07) is 6.19. The van der Waals surface area contributed by atoms with Gasteiger partial charge in [-0.2, -0.15) is 0 Å². The topological polar surface area (TPSA) is 58.4 Å². The zero-order valence-corrected chi connectivity index (χ0v) is 13.0. The molecule has 5 nitrogen and oxygen atoms in total. The number of rotatable bonds is 7. The van der Waals surface area contributed by atoms with E-state index in [9.17, 15) is 10.1 Å². The standard InChI is InChI=1S/C16H25N3O2/c1-13-7-8-14(11-16(13)19(20)21)12-17-9-10-18(2)15-5-3-4-6-15/h7-8,11,15,17H,3-6,9-10,12H2,1-2H3. The number of hydrogen-bond acceptors (Lipinski definition) is 4. The molecule has 0 aliphatic heterocycles. The molecule has 0 bridgehead atoms. The average Bonchev–Trinajstić information content (AvgIpc) is 2.99. The summed E-state index contributed by atoms with van der Waals surface area (Å²) in [7, 11) is 2.19. The fraction of sp³-hybridized carbons (Fsp3) is 0.625. The van der Waals surface area contributed by atoms with E-state index in [0.29, 0.717) is 12.1 Å². The molecular weight excluding hydrogens is 266 g/mol. The van der Waals surface area contributed by atoms with E-state index >= 15 is 0 Å². The van der Waals surface area contributed by atoms with Crippen LogP contribution < -0.4 is 5.32 Å². The van der Waals surface area contributed by atoms with Gasteiger partial charge in [-0.05, 0) is 32.4 Å². The average molecular weight is 291 g/mol. The van der Waals surface area contributed by atoms with Gasteiger partial charge < -0.3 is 10.2 Å². The van der Waals surface area contributed by atoms with Crippen molar-refractivity contribution in [2.75, 3.05) is 20.1 Å². The summed E-state index contributed by atoms with van der Waals surface area (Å²) >= 11 is 0. The highest BCUT2D eigenvalue weighted by atomic mass is 16.6. The van der Waals surface area contributed by atoms with Gasteiger partial charge in [0.25, 0.3) is 5.69 Å². The van der Waals surface area contributed by atoms with Crippen molar-refractivity contribution in [1.82, 2.24) is 10.2 Å². The lowest BCUT2D eigenvalue weighted by atomic mass is 10.1. The van der Waals surface area contributed by atoms with E-state index in [1.807, 2.05) is 12.1 Å². The summed E-state index contributed by atoms with van der Waals surface area (Å²) in [5.41, 5.74) is 1.89. The van der Waals surface area contributed by atoms with Crippen molar-refractivity contribution < 1.29 is 4.92 Å². The number of nitro groups is 1. The van der Waals surface area contributed by atoms with Crippen molar-refractivity contribution in [1.29, 1.82) is 0 Å². The van der Waals surface area contributed by atoms with E-state index in [1.54, 1.807) is 13.0 Å². The highest BCUT2D eigenvalue weighted by Crippen LogP contribution is 2.22. The lowest BCUT2D eigenvalue weighted by molar-refractivity contribution is -0.385. The maximum atomic E-state index is 10.9. The second kappa shape index (κ2) is 7.52. The Kier molecular flexibility index (Phi) is 5.70. The maximum absolute atomic E-state index is 10.9. The number of nitro benzene ring substituents is 1. The molecule has 0 spiro atoms. The summed E-state index contributed by atoms with van der Waals surface area (Å²) in [6.45, 7) is 4.39. The van der Waals surface area contributed by atoms with E-state index in [1.165, 1.54) is 25.7 Å². The number of hydrogen-bond donors (Lipinski definition) is 1. The van der Waals surface area contributed by atoms with Crippen LogP contribution in [0.1, 0.15) is 36.8 Å². The fourth-order valence-corrected chi connectivity index (χ4v) is 2.98. The minimum atomic E-state index is -0.313. The lowest BCUT2D eigenvalue weighted by Gasteiger charge is -2.23. The van der Waals surface area contributed by atoms with Crippen LogP contribution in [0.2, 0.25) is 0 Å². The van der Waals surface area contributed by atoms with Crippen LogP contribution in [0.4, 0.5) is 5.69 Å². The van der Waals surface area contributed by atoms with E-state index in [4.69, 9.17) is 0 Å². The molecule has 1 aliphatic rings. The Bertz CT molecular complexity index is 484. The molecule has 0 amide bonds. The molecular formula is C16H25N3O2. The molecule has 0 heterocycles. The molecule has 1 aliphatic carbocycles. The Labute approximate surface area is 126 Å². The number of likely N-dealkylation sites (N-methyl/N-ethyl adjacent to an activating group) is 1. The van der Waals surface area contributed by atoms with Gasteiger partial charge in [0.1, 0.15) is 0 Å². The van der Waals surface area contributed by atoms with Crippen molar-refractivity contribution in [3.05, 3.63) is 39.4 Å². The van der Waals surface area contributed by atoms with Crippen LogP contribution in [0.25, 0.3) is 0 Å². The van der Waals surface area contributed by atoms with E-state index in [-0.39, 0.29) is 10.6 Å². The van der Waals surface area contributed by atoms with Crippen molar-refractivity contribution >= 4 is 5.69 Å². The van der Waals surface area contributed by atoms with Crippen LogP contribution in [0, 0.1) is 17.0 Å². The molecule has 5 heteroatoms. The predicted molar refractivity (Wildman–Crippen MR) is 84.4 cm³/mol. The molecule has 1 N–H and O–H groups in total. The SMILES string of the molecule is Cc1ccc(CNCCN(C)C2CCCC2)cc1[N+](=O)[O-]. The van der Waals surface area contributed by atoms with Crippen molar-refractivity contribution in [2.45, 2.75) is 45.2 Å². The van der Waals surface area contributed by atoms with Gasteiger partial charge in [0.2, 0.25) is 0 Å². The molecule has 1 fully saturated rings. The highest BCUT2D eigenvalue weighted by molar-refractivity contribution is 5.42. The third-order valence-corrected chi connectivity index (χ3v) is 4.39. The van der Waals surface area contributed by atoms with Gasteiger partial charge >= 0.3 is 0 Å². The van der Waals surface area contributed by atoms with E-state index < -0.39 is 0 Å². The van der Waals surface area contributed by atoms with Gasteiger partial charge in [-0.25, -0.2) is 0 Å². The van der Waals surface area contributed by atoms with Gasteiger partial charge in [-0.3, -0.25) is 10.1 Å². The third-order valence-electron chi connectivity index (χ3n) is 4.39. The molecule has 0 radical (unpaired) electrons. The Morgan fingerprint density at radius 1 is 1.38 bits per heavy atom. The number of aryl methyl sites for hydroxylation is 1. The summed E-state index contributed by atoms with van der Waals surface area (Å²) in [5.74, 6) is 0. The normalized spacial score (nSPS) is 15.8. The fourth-order valence-electron chi connectivity index (χ4n) is 2.98. The minimum Gasteiger partial charge on any atom is -0.311 e. The molecule has 2 rings (SSSR count). The second-order valence-electron chi connectivity index (χ2n) is 5.97. The Hall–Kier alpha value is -1.46. The summed E-state index contributed by atoms with van der Waals surface area (Å²) in [6.07, 6.45) is 5.35. The predicted octanol–water partition coefficient (Wildman–Crippen LogP) is 2.87. The van der Waals surface area contributed by atoms with Crippen LogP contribution in [-0.4, -0.2) is 36.0 Å². The van der Waals surface area contributed by atoms with Gasteiger partial charge in [0.15, 0.2) is 0 Å². The Morgan fingerprint density at radius 3 is 2.76 bits per heavy atom. The van der Waals surface area contributed by atoms with Crippen molar-refractivity contribution in [2.24, 2.45) is 0 Å². The van der Waals surface area contributed by atoms with Crippen molar-refractivity contribution in [3.63, 3.8) is 0 Å². The molecule has 0 atom stereocenters. The zero-order valence-electron chi connectivity index (χ0n) is 13.0. The molecule has 21 heavy (non-hydrogen) atoms. The first kappa shape index (κ1) is 15.9. The van der Waals surface area contributed by atoms with Gasteiger partial charge in [-0.1, -0.05) is 25.0 Å². The number of benzene rings is 1. The Morgan fingerprint density at radius 2 is 2.10 bits per heavy atom. The molecule has 1 saturated carbocycles. The summed E-state index contributed by atoms with van der Waals surface area (Å²) in [4.78, 5) is 13.0. The summed E-state index contributed by atoms with van der Waals surface area (Å²) < 4.78 is 0. The maximum Gasteiger partial charge on any atom is 0.272 e. The van der Waals surface area contributed by atoms with E-state index in [0.717, 1.165) is 24.7 Å². The highest BCUT2D eigenvalue weighted by Gasteiger charge is 2.18. The van der Waals surface area contributed by atoms with Crippen LogP contribution in [0.5, 0.6) is 0 Å². The Balaban J connectivity index is 1.75. The first-order valence-corrected chi connectivity index (χ1v) is 7.73. The molecule has 1 aromatic carbocycles. The van der Waals surface area contributed by atoms with Crippen LogP contribution in [-0.2, 0) is 6.54 Å². The number of nitrogens with one attached hydrogen (secondary N) is 1. The van der Waals surface area contributed by atoms with E-state index in [2.05, 4.69) is 17.3 Å². The monoisotopic (exact) mass is 291 g/mol. The summed E-state index contributed by atoms with van der Waals surface area (Å²) in [5, 5.41) is 14.3. The lowest BCUT2D eigenvalue weighted by Crippen LogP contribution is -2.35. The third kappa shape index (κ3) is 4.51. The molecule has 0 unspecified atom stereocenters. The number of nitrogens with zero attached hydrogens (tertiary/aromatic N) is 2. The zero-order chi connectivity index (χ0) is 15.2. The van der Waals surface area contributed by atoms with Crippen molar-refractivity contribution in [3.8, 4) is 0 Å². The van der Waals surface area contributed by atoms with Crippen LogP contribution >= 0.6 is 0 Å². The molecule has 1 aromatic rings. The minimum absolute atomic E-state index is 0.206. The molecule has 116 valence electrons. The van der Waals surface area contributed by atoms with Gasteiger partial charge in [0, 0.05) is 37.3 Å². The molecule has 0 saturated heterocycles. The largest absolute Gasteiger partial charge is 0.311 e. The van der Waals surface area contributed by atoms with Gasteiger partial charge in [0.05, 0.1) is 4.92 Å². The second-order valence-corrected chi connectivity index (χ2v) is 5.97. The van der Waals surface area contributed by atoms with Gasteiger partial charge in [-0.15, -0.1) is 0 Å². The van der Waals surface area contributed by atoms with Crippen LogP contribution in [0.3, 0.4) is 0 Å². The quantitative estimate of drug-likeness (QED) is 0.477.